The van der Waals surface area contributed by atoms with Gasteiger partial charge in [-0.15, -0.1) is 6.58 Å². The predicted octanol–water partition coefficient (Wildman–Crippen LogP) is -0.155. The second kappa shape index (κ2) is 9.00. The summed E-state index contributed by atoms with van der Waals surface area (Å²) in [5.74, 6) is 0. The van der Waals surface area contributed by atoms with E-state index in [1.807, 2.05) is 0 Å². The van der Waals surface area contributed by atoms with Crippen molar-refractivity contribution < 1.29 is 4.79 Å². The third-order valence-electron chi connectivity index (χ3n) is 0.263. The first-order valence-corrected chi connectivity index (χ1v) is 1.46. The van der Waals surface area contributed by atoms with Gasteiger partial charge in [0.25, 0.3) is 0 Å². The molecule has 0 aliphatic carbocycles. The molecule has 0 aliphatic rings. The zero-order chi connectivity index (χ0) is 4.12. The van der Waals surface area contributed by atoms with Gasteiger partial charge in [0.15, 0.2) is 0 Å². The molecule has 0 aliphatic heterocycles. The van der Waals surface area contributed by atoms with Crippen LogP contribution in [0.15, 0.2) is 12.7 Å². The fraction of sp³-hybridized carbons (Fsp3) is 0.250. The first kappa shape index (κ1) is 9.58. The maximum absolute atomic E-state index is 9.33. The summed E-state index contributed by atoms with van der Waals surface area (Å²) in [5.41, 5.74) is 0. The molecule has 36 valence electrons. The van der Waals surface area contributed by atoms with Crippen molar-refractivity contribution in [3.8, 4) is 0 Å². The van der Waals surface area contributed by atoms with E-state index in [1.165, 1.54) is 0 Å². The summed E-state index contributed by atoms with van der Waals surface area (Å²) in [6, 6.07) is 0. The third kappa shape index (κ3) is 8.85. The van der Waals surface area contributed by atoms with Crippen molar-refractivity contribution in [2.75, 3.05) is 0 Å². The maximum atomic E-state index is 9.33. The monoisotopic (exact) mass is 281 g/mol. The molecule has 0 spiro atoms. The van der Waals surface area contributed by atoms with Crippen molar-refractivity contribution in [1.82, 2.24) is 0 Å². The number of hydrogen-bond acceptors (Lipinski definition) is 1. The molecule has 2 heteroatoms. The Morgan fingerprint density at radius 2 is 2.17 bits per heavy atom. The Hall–Kier alpha value is 0.306. The van der Waals surface area contributed by atoms with E-state index >= 15 is 0 Å². The minimum absolute atomic E-state index is 0. The van der Waals surface area contributed by atoms with Crippen molar-refractivity contribution in [2.24, 2.45) is 0 Å². The Labute approximate surface area is 56.9 Å². The van der Waals surface area contributed by atoms with E-state index in [9.17, 15) is 4.79 Å². The van der Waals surface area contributed by atoms with Gasteiger partial charge < -0.3 is 4.79 Å². The van der Waals surface area contributed by atoms with Crippen LogP contribution in [0.5, 0.6) is 0 Å². The Morgan fingerprint density at radius 3 is 2.17 bits per heavy atom. The number of carbonyl (C=O) groups excluding carboxylic acids is 1. The molecule has 0 fully saturated rings. The van der Waals surface area contributed by atoms with Gasteiger partial charge in [-0.25, -0.2) is 0 Å². The Balaban J connectivity index is 0. The van der Waals surface area contributed by atoms with E-state index < -0.39 is 0 Å². The first-order valence-electron chi connectivity index (χ1n) is 1.46. The van der Waals surface area contributed by atoms with E-state index in [0.29, 0.717) is 6.42 Å². The summed E-state index contributed by atoms with van der Waals surface area (Å²) >= 11 is 0. The average Bonchev–Trinajstić information content (AvgIpc) is 1.41. The van der Waals surface area contributed by atoms with Gasteiger partial charge in [-0.3, -0.25) is 0 Å². The van der Waals surface area contributed by atoms with Crippen LogP contribution in [0.4, 0.5) is 0 Å². The zero-order valence-electron chi connectivity index (χ0n) is 3.48. The molecule has 0 saturated heterocycles. The molecule has 0 atom stereocenters. The quantitative estimate of drug-likeness (QED) is 0.508. The average molecular weight is 281 g/mol. The van der Waals surface area contributed by atoms with Crippen LogP contribution in [-0.4, -0.2) is 32.9 Å². The molecule has 0 N–H and O–H groups in total. The van der Waals surface area contributed by atoms with Crippen LogP contribution in [0.1, 0.15) is 6.42 Å². The molecule has 0 rings (SSSR count). The molecule has 6 heavy (non-hydrogen) atoms. The van der Waals surface area contributed by atoms with Crippen molar-refractivity contribution in [2.45, 2.75) is 6.42 Å². The number of rotatable bonds is 2. The van der Waals surface area contributed by atoms with Crippen molar-refractivity contribution in [3.63, 3.8) is 0 Å². The van der Waals surface area contributed by atoms with Crippen LogP contribution in [-0.2, 0) is 4.79 Å². The number of hydrogen-bond donors (Lipinski definition) is 0. The fourth-order valence-electron chi connectivity index (χ4n) is 0.0680. The zero-order valence-corrected chi connectivity index (χ0v) is 7.36. The molecule has 1 nitrogen and oxygen atoms in total. The molecular formula is C4H8OPo. The van der Waals surface area contributed by atoms with Gasteiger partial charge in [0.05, 0.1) is 0 Å². The molecule has 0 radical (unpaired) electrons. The standard InChI is InChI=1S/C4H6O.Po.2H/c1-2-3-4-5;;;/h2,4H,1,3H2;;;. The van der Waals surface area contributed by atoms with Crippen LogP contribution >= 0.6 is 0 Å². The third-order valence-corrected chi connectivity index (χ3v) is 0.263. The van der Waals surface area contributed by atoms with Gasteiger partial charge in [0, 0.05) is 6.42 Å². The van der Waals surface area contributed by atoms with Crippen LogP contribution in [0.25, 0.3) is 0 Å². The van der Waals surface area contributed by atoms with Crippen LogP contribution < -0.4 is 0 Å². The van der Waals surface area contributed by atoms with Gasteiger partial charge in [-0.1, -0.05) is 6.08 Å². The molecule has 0 heterocycles. The SMILES string of the molecule is C=CCC=O.[PoH2]. The number of allylic oxidation sites excluding steroid dienone is 1. The van der Waals surface area contributed by atoms with Gasteiger partial charge in [0.1, 0.15) is 6.29 Å². The van der Waals surface area contributed by atoms with Crippen molar-refractivity contribution >= 4 is 32.9 Å². The summed E-state index contributed by atoms with van der Waals surface area (Å²) in [7, 11) is 0. The van der Waals surface area contributed by atoms with E-state index in [2.05, 4.69) is 6.58 Å². The molecule has 0 saturated carbocycles. The first-order chi connectivity index (χ1) is 2.41. The second-order valence-electron chi connectivity index (χ2n) is 0.691. The van der Waals surface area contributed by atoms with Crippen LogP contribution in [0.3, 0.4) is 0 Å². The van der Waals surface area contributed by atoms with Gasteiger partial charge in [0.2, 0.25) is 0 Å². The Morgan fingerprint density at radius 1 is 1.67 bits per heavy atom. The second-order valence-corrected chi connectivity index (χ2v) is 0.691. The van der Waals surface area contributed by atoms with E-state index in [4.69, 9.17) is 0 Å². The fourth-order valence-corrected chi connectivity index (χ4v) is 0.0680. The van der Waals surface area contributed by atoms with Gasteiger partial charge in [-0.2, -0.15) is 0 Å². The molecule has 0 aromatic carbocycles. The molecule has 0 aromatic rings. The number of aldehydes is 1. The predicted molar refractivity (Wildman–Crippen MR) is 29.4 cm³/mol. The minimum atomic E-state index is 0. The normalized spacial score (nSPS) is 5.33. The van der Waals surface area contributed by atoms with E-state index in [1.54, 1.807) is 6.08 Å². The van der Waals surface area contributed by atoms with Crippen LogP contribution in [0, 0.1) is 0 Å². The molecule has 0 unspecified atom stereocenters. The topological polar surface area (TPSA) is 17.1 Å². The summed E-state index contributed by atoms with van der Waals surface area (Å²) in [4.78, 5) is 9.33. The molecular weight excluding hydrogens is 273 g/mol. The molecule has 0 amide bonds. The summed E-state index contributed by atoms with van der Waals surface area (Å²) in [6.07, 6.45) is 2.85. The number of carbonyl (C=O) groups is 1. The van der Waals surface area contributed by atoms with Gasteiger partial charge in [-0.05, 0) is 0 Å². The van der Waals surface area contributed by atoms with E-state index in [0.717, 1.165) is 6.29 Å². The summed E-state index contributed by atoms with van der Waals surface area (Å²) in [6.45, 7) is 3.32. The van der Waals surface area contributed by atoms with Crippen LogP contribution in [0.2, 0.25) is 0 Å². The van der Waals surface area contributed by atoms with Crippen molar-refractivity contribution in [3.05, 3.63) is 12.7 Å². The summed E-state index contributed by atoms with van der Waals surface area (Å²) in [5, 5.41) is 0. The van der Waals surface area contributed by atoms with E-state index in [-0.39, 0.29) is 26.6 Å². The Bertz CT molecular complexity index is 36.8. The Kier molecular flexibility index (Phi) is 14.4. The summed E-state index contributed by atoms with van der Waals surface area (Å²) < 4.78 is 0. The molecule has 0 aromatic heterocycles. The van der Waals surface area contributed by atoms with Crippen molar-refractivity contribution in [1.29, 1.82) is 0 Å². The molecule has 0 bridgehead atoms. The van der Waals surface area contributed by atoms with Gasteiger partial charge >= 0.3 is 26.6 Å².